The Morgan fingerprint density at radius 3 is 2.64 bits per heavy atom. The van der Waals surface area contributed by atoms with Crippen LogP contribution in [-0.2, 0) is 6.54 Å². The molecule has 0 saturated carbocycles. The zero-order valence-corrected chi connectivity index (χ0v) is 8.82. The Hall–Kier alpha value is -0.940. The van der Waals surface area contributed by atoms with Gasteiger partial charge >= 0.3 is 0 Å². The summed E-state index contributed by atoms with van der Waals surface area (Å²) in [7, 11) is 0. The van der Waals surface area contributed by atoms with Crippen molar-refractivity contribution in [2.24, 2.45) is 5.92 Å². The van der Waals surface area contributed by atoms with Crippen LogP contribution in [0.1, 0.15) is 25.6 Å². The second kappa shape index (κ2) is 5.07. The molecule has 1 rings (SSSR count). The van der Waals surface area contributed by atoms with Gasteiger partial charge in [0.25, 0.3) is 0 Å². The Morgan fingerprint density at radius 1 is 1.43 bits per heavy atom. The molecule has 80 valence electrons. The van der Waals surface area contributed by atoms with Crippen molar-refractivity contribution in [3.05, 3.63) is 11.8 Å². The number of nitrogens with one attached hydrogen (secondary N) is 1. The van der Waals surface area contributed by atoms with Gasteiger partial charge in [0, 0.05) is 13.5 Å². The summed E-state index contributed by atoms with van der Waals surface area (Å²) in [6, 6.07) is 0. The molecule has 0 aliphatic heterocycles. The normalized spacial score (nSPS) is 13.5. The molecule has 0 bridgehead atoms. The van der Waals surface area contributed by atoms with Crippen LogP contribution in [0.4, 0.5) is 0 Å². The highest BCUT2D eigenvalue weighted by Crippen LogP contribution is 2.00. The third kappa shape index (κ3) is 3.43. The van der Waals surface area contributed by atoms with Gasteiger partial charge < -0.3 is 14.8 Å². The summed E-state index contributed by atoms with van der Waals surface area (Å²) < 4.78 is 5.16. The van der Waals surface area contributed by atoms with E-state index in [0.717, 1.165) is 0 Å². The van der Waals surface area contributed by atoms with Gasteiger partial charge in [-0.25, -0.2) is 0 Å². The number of nitrogens with zero attached hydrogens (tertiary/aromatic N) is 2. The summed E-state index contributed by atoms with van der Waals surface area (Å²) >= 11 is 0. The second-order valence-electron chi connectivity index (χ2n) is 3.66. The summed E-state index contributed by atoms with van der Waals surface area (Å²) in [4.78, 5) is 0. The van der Waals surface area contributed by atoms with Crippen LogP contribution in [0.15, 0.2) is 4.42 Å². The highest BCUT2D eigenvalue weighted by Gasteiger charge is 2.09. The first kappa shape index (κ1) is 11.1. The molecular formula is C9H17N3O2. The third-order valence-electron chi connectivity index (χ3n) is 1.97. The van der Waals surface area contributed by atoms with Crippen LogP contribution in [0, 0.1) is 12.8 Å². The fourth-order valence-corrected chi connectivity index (χ4v) is 0.972. The van der Waals surface area contributed by atoms with Gasteiger partial charge in [-0.05, 0) is 5.92 Å². The molecule has 0 spiro atoms. The smallest absolute Gasteiger partial charge is 0.230 e. The lowest BCUT2D eigenvalue weighted by molar-refractivity contribution is 0.122. The molecule has 5 nitrogen and oxygen atoms in total. The summed E-state index contributed by atoms with van der Waals surface area (Å²) in [6.07, 6.45) is -0.334. The molecule has 0 saturated heterocycles. The Kier molecular flexibility index (Phi) is 4.03. The van der Waals surface area contributed by atoms with Crippen LogP contribution in [0.5, 0.6) is 0 Å². The van der Waals surface area contributed by atoms with Gasteiger partial charge in [-0.3, -0.25) is 0 Å². The van der Waals surface area contributed by atoms with Crippen molar-refractivity contribution in [1.82, 2.24) is 15.5 Å². The highest BCUT2D eigenvalue weighted by atomic mass is 16.4. The predicted octanol–water partition coefficient (Wildman–Crippen LogP) is 0.485. The molecule has 0 radical (unpaired) electrons. The molecule has 2 N–H and O–H groups in total. The number of hydrogen-bond donors (Lipinski definition) is 2. The van der Waals surface area contributed by atoms with E-state index in [0.29, 0.717) is 24.9 Å². The summed E-state index contributed by atoms with van der Waals surface area (Å²) in [5, 5.41) is 20.1. The number of rotatable bonds is 5. The lowest BCUT2D eigenvalue weighted by atomic mass is 10.1. The van der Waals surface area contributed by atoms with E-state index in [9.17, 15) is 5.11 Å². The van der Waals surface area contributed by atoms with E-state index < -0.39 is 0 Å². The predicted molar refractivity (Wildman–Crippen MR) is 51.6 cm³/mol. The number of aliphatic hydroxyl groups is 1. The van der Waals surface area contributed by atoms with Gasteiger partial charge in [-0.1, -0.05) is 13.8 Å². The van der Waals surface area contributed by atoms with Crippen molar-refractivity contribution in [3.8, 4) is 0 Å². The molecule has 0 fully saturated rings. The van der Waals surface area contributed by atoms with Gasteiger partial charge in [-0.15, -0.1) is 10.2 Å². The van der Waals surface area contributed by atoms with E-state index in [1.807, 2.05) is 13.8 Å². The molecule has 1 unspecified atom stereocenters. The largest absolute Gasteiger partial charge is 0.424 e. The van der Waals surface area contributed by atoms with Crippen molar-refractivity contribution in [2.45, 2.75) is 33.4 Å². The Morgan fingerprint density at radius 2 is 2.14 bits per heavy atom. The standard InChI is InChI=1S/C9H17N3O2/c1-6(2)8(13)4-10-5-9-12-11-7(3)14-9/h6,8,10,13H,4-5H2,1-3H3. The van der Waals surface area contributed by atoms with Crippen molar-refractivity contribution < 1.29 is 9.52 Å². The van der Waals surface area contributed by atoms with Crippen molar-refractivity contribution in [3.63, 3.8) is 0 Å². The van der Waals surface area contributed by atoms with Crippen LogP contribution in [0.25, 0.3) is 0 Å². The monoisotopic (exact) mass is 199 g/mol. The fourth-order valence-electron chi connectivity index (χ4n) is 0.972. The van der Waals surface area contributed by atoms with Crippen LogP contribution in [0.2, 0.25) is 0 Å². The van der Waals surface area contributed by atoms with E-state index in [1.165, 1.54) is 0 Å². The summed E-state index contributed by atoms with van der Waals surface area (Å²) in [6.45, 7) is 6.75. The molecule has 0 aliphatic rings. The van der Waals surface area contributed by atoms with E-state index in [1.54, 1.807) is 6.92 Å². The fraction of sp³-hybridized carbons (Fsp3) is 0.778. The molecule has 0 amide bonds. The molecule has 1 aromatic rings. The first-order valence-corrected chi connectivity index (χ1v) is 4.77. The minimum atomic E-state index is -0.334. The van der Waals surface area contributed by atoms with Crippen LogP contribution < -0.4 is 5.32 Å². The maximum Gasteiger partial charge on any atom is 0.230 e. The summed E-state index contributed by atoms with van der Waals surface area (Å²) in [5.41, 5.74) is 0. The van der Waals surface area contributed by atoms with Crippen LogP contribution in [0.3, 0.4) is 0 Å². The van der Waals surface area contributed by atoms with Gasteiger partial charge in [0.05, 0.1) is 12.6 Å². The average Bonchev–Trinajstić information content (AvgIpc) is 2.51. The molecule has 14 heavy (non-hydrogen) atoms. The number of aryl methyl sites for hydroxylation is 1. The molecule has 0 aliphatic carbocycles. The lowest BCUT2D eigenvalue weighted by Crippen LogP contribution is -2.30. The Balaban J connectivity index is 2.22. The maximum atomic E-state index is 9.48. The van der Waals surface area contributed by atoms with Gasteiger partial charge in [0.15, 0.2) is 0 Å². The van der Waals surface area contributed by atoms with Crippen molar-refractivity contribution in [2.75, 3.05) is 6.54 Å². The maximum absolute atomic E-state index is 9.48. The third-order valence-corrected chi connectivity index (χ3v) is 1.97. The lowest BCUT2D eigenvalue weighted by Gasteiger charge is -2.13. The van der Waals surface area contributed by atoms with E-state index in [2.05, 4.69) is 15.5 Å². The zero-order valence-electron chi connectivity index (χ0n) is 8.82. The average molecular weight is 199 g/mol. The van der Waals surface area contributed by atoms with E-state index in [4.69, 9.17) is 4.42 Å². The topological polar surface area (TPSA) is 71.2 Å². The highest BCUT2D eigenvalue weighted by molar-refractivity contribution is 4.78. The van der Waals surface area contributed by atoms with E-state index in [-0.39, 0.29) is 12.0 Å². The second-order valence-corrected chi connectivity index (χ2v) is 3.66. The number of aliphatic hydroxyl groups excluding tert-OH is 1. The minimum Gasteiger partial charge on any atom is -0.424 e. The van der Waals surface area contributed by atoms with Gasteiger partial charge in [-0.2, -0.15) is 0 Å². The molecular weight excluding hydrogens is 182 g/mol. The molecule has 5 heteroatoms. The molecule has 1 aromatic heterocycles. The molecule has 0 aromatic carbocycles. The van der Waals surface area contributed by atoms with E-state index >= 15 is 0 Å². The molecule has 1 atom stereocenters. The van der Waals surface area contributed by atoms with Crippen LogP contribution in [-0.4, -0.2) is 28.0 Å². The van der Waals surface area contributed by atoms with Crippen LogP contribution >= 0.6 is 0 Å². The number of aromatic nitrogens is 2. The first-order chi connectivity index (χ1) is 6.59. The van der Waals surface area contributed by atoms with Gasteiger partial charge in [0.1, 0.15) is 0 Å². The quantitative estimate of drug-likeness (QED) is 0.722. The van der Waals surface area contributed by atoms with Crippen molar-refractivity contribution in [1.29, 1.82) is 0 Å². The zero-order chi connectivity index (χ0) is 10.6. The van der Waals surface area contributed by atoms with Gasteiger partial charge in [0.2, 0.25) is 11.8 Å². The molecule has 1 heterocycles. The van der Waals surface area contributed by atoms with Crippen molar-refractivity contribution >= 4 is 0 Å². The first-order valence-electron chi connectivity index (χ1n) is 4.77. The summed E-state index contributed by atoms with van der Waals surface area (Å²) in [5.74, 6) is 1.37. The Bertz CT molecular complexity index is 273. The minimum absolute atomic E-state index is 0.256. The number of hydrogen-bond acceptors (Lipinski definition) is 5. The Labute approximate surface area is 83.5 Å². The SMILES string of the molecule is Cc1nnc(CNCC(O)C(C)C)o1.